The number of phenols is 1. The Balaban J connectivity index is 1.97. The Kier molecular flexibility index (Phi) is 6.16. The monoisotopic (exact) mass is 406 g/mol. The zero-order valence-electron chi connectivity index (χ0n) is 13.8. The number of alkyl halides is 6. The van der Waals surface area contributed by atoms with Gasteiger partial charge in [-0.15, -0.1) is 0 Å². The van der Waals surface area contributed by atoms with Crippen molar-refractivity contribution in [3.8, 4) is 11.5 Å². The average Bonchev–Trinajstić information content (AvgIpc) is 2.61. The summed E-state index contributed by atoms with van der Waals surface area (Å²) in [5.41, 5.74) is 2.56. The fraction of sp³-hybridized carbons (Fsp3) is 0.176. The normalized spacial score (nSPS) is 13.4. The molecule has 150 valence electrons. The highest BCUT2D eigenvalue weighted by Gasteiger charge is 2.59. The molecule has 0 saturated carbocycles. The highest BCUT2D eigenvalue weighted by Crippen LogP contribution is 2.36. The van der Waals surface area contributed by atoms with E-state index in [1.165, 1.54) is 24.3 Å². The van der Waals surface area contributed by atoms with Gasteiger partial charge < -0.3 is 9.84 Å². The number of halogens is 6. The van der Waals surface area contributed by atoms with E-state index in [2.05, 4.69) is 15.3 Å². The van der Waals surface area contributed by atoms with Gasteiger partial charge in [0, 0.05) is 5.56 Å². The molecule has 0 aromatic heterocycles. The third-order valence-corrected chi connectivity index (χ3v) is 3.20. The molecule has 0 aliphatic rings. The predicted molar refractivity (Wildman–Crippen MR) is 86.1 cm³/mol. The van der Waals surface area contributed by atoms with Gasteiger partial charge in [0.1, 0.15) is 11.5 Å². The summed E-state index contributed by atoms with van der Waals surface area (Å²) in [5.74, 6) is -1.45. The van der Waals surface area contributed by atoms with Gasteiger partial charge in [0.25, 0.3) is 12.1 Å². The Labute approximate surface area is 154 Å². The molecule has 2 N–H and O–H groups in total. The molecule has 0 aliphatic carbocycles. The minimum Gasteiger partial charge on any atom is -0.508 e. The molecule has 0 heterocycles. The zero-order chi connectivity index (χ0) is 20.9. The van der Waals surface area contributed by atoms with E-state index in [-0.39, 0.29) is 16.9 Å². The number of phenolic OH excluding ortho intramolecular Hbond substituents is 1. The molecule has 0 fully saturated rings. The molecule has 2 aromatic rings. The molecule has 0 bridgehead atoms. The third-order valence-electron chi connectivity index (χ3n) is 3.20. The lowest BCUT2D eigenvalue weighted by Crippen LogP contribution is -2.45. The maximum Gasteiger partial charge on any atom is 0.439 e. The van der Waals surface area contributed by atoms with Crippen LogP contribution in [0.5, 0.6) is 11.5 Å². The smallest absolute Gasteiger partial charge is 0.439 e. The second-order valence-electron chi connectivity index (χ2n) is 5.39. The number of hydrogen-bond donors (Lipinski definition) is 2. The van der Waals surface area contributed by atoms with Gasteiger partial charge >= 0.3 is 12.3 Å². The number of carbonyl (C=O) groups is 1. The molecule has 0 unspecified atom stereocenters. The Morgan fingerprint density at radius 1 is 1.11 bits per heavy atom. The van der Waals surface area contributed by atoms with Gasteiger partial charge in [-0.2, -0.15) is 27.1 Å². The molecule has 28 heavy (non-hydrogen) atoms. The van der Waals surface area contributed by atoms with Crippen LogP contribution in [0.3, 0.4) is 0 Å². The molecule has 0 saturated heterocycles. The van der Waals surface area contributed by atoms with Crippen molar-refractivity contribution in [3.05, 3.63) is 59.7 Å². The number of nitrogens with one attached hydrogen (secondary N) is 1. The van der Waals surface area contributed by atoms with E-state index in [1.54, 1.807) is 0 Å². The predicted octanol–water partition coefficient (Wildman–Crippen LogP) is 4.03. The van der Waals surface area contributed by atoms with Crippen LogP contribution >= 0.6 is 0 Å². The van der Waals surface area contributed by atoms with E-state index in [9.17, 15) is 36.2 Å². The number of amides is 1. The molecule has 1 atom stereocenters. The van der Waals surface area contributed by atoms with Crippen LogP contribution in [0, 0.1) is 0 Å². The number of hydrogen-bond acceptors (Lipinski definition) is 4. The Hall–Kier alpha value is -3.24. The number of carbonyl (C=O) groups excluding carboxylic acids is 1. The average molecular weight is 406 g/mol. The summed E-state index contributed by atoms with van der Waals surface area (Å²) in [4.78, 5) is 11.8. The van der Waals surface area contributed by atoms with Crippen LogP contribution in [0.1, 0.15) is 15.9 Å². The summed E-state index contributed by atoms with van der Waals surface area (Å²) in [5, 5.41) is 12.9. The summed E-state index contributed by atoms with van der Waals surface area (Å²) in [7, 11) is 0. The van der Waals surface area contributed by atoms with E-state index in [4.69, 9.17) is 0 Å². The van der Waals surface area contributed by atoms with Crippen LogP contribution < -0.4 is 10.2 Å². The third kappa shape index (κ3) is 5.63. The Morgan fingerprint density at radius 2 is 1.75 bits per heavy atom. The lowest BCUT2D eigenvalue weighted by Gasteiger charge is -2.23. The van der Waals surface area contributed by atoms with E-state index in [0.29, 0.717) is 0 Å². The first-order valence-corrected chi connectivity index (χ1v) is 7.49. The van der Waals surface area contributed by atoms with Crippen LogP contribution in [0.4, 0.5) is 26.3 Å². The summed E-state index contributed by atoms with van der Waals surface area (Å²) in [6.45, 7) is 0. The summed E-state index contributed by atoms with van der Waals surface area (Å²) in [6.07, 6.45) is -14.2. The Morgan fingerprint density at radius 3 is 2.32 bits per heavy atom. The number of hydrazone groups is 1. The van der Waals surface area contributed by atoms with Gasteiger partial charge in [-0.05, 0) is 48.0 Å². The fourth-order valence-electron chi connectivity index (χ4n) is 1.90. The summed E-state index contributed by atoms with van der Waals surface area (Å²) < 4.78 is 79.1. The van der Waals surface area contributed by atoms with Crippen molar-refractivity contribution in [2.75, 3.05) is 0 Å². The SMILES string of the molecule is O=C(N/N=C\c1ccc(OC(F)(F)[C@H](F)C(F)(F)F)cc1)c1cccc(O)c1. The second kappa shape index (κ2) is 8.19. The molecule has 0 radical (unpaired) electrons. The molecule has 5 nitrogen and oxygen atoms in total. The first-order chi connectivity index (χ1) is 13.0. The number of rotatable bonds is 6. The zero-order valence-corrected chi connectivity index (χ0v) is 13.8. The summed E-state index contributed by atoms with van der Waals surface area (Å²) in [6, 6.07) is 9.51. The van der Waals surface area contributed by atoms with Crippen LogP contribution in [-0.4, -0.2) is 35.7 Å². The number of nitrogens with zero attached hydrogens (tertiary/aromatic N) is 1. The molecule has 0 spiro atoms. The molecule has 0 aliphatic heterocycles. The van der Waals surface area contributed by atoms with Crippen molar-refractivity contribution < 1.29 is 41.0 Å². The van der Waals surface area contributed by atoms with Gasteiger partial charge in [-0.1, -0.05) is 6.07 Å². The van der Waals surface area contributed by atoms with Crippen molar-refractivity contribution in [2.24, 2.45) is 5.10 Å². The number of benzene rings is 2. The highest BCUT2D eigenvalue weighted by atomic mass is 19.4. The van der Waals surface area contributed by atoms with Gasteiger partial charge in [0.05, 0.1) is 6.21 Å². The fourth-order valence-corrected chi connectivity index (χ4v) is 1.90. The van der Waals surface area contributed by atoms with Crippen molar-refractivity contribution in [2.45, 2.75) is 18.5 Å². The molecule has 2 rings (SSSR count). The van der Waals surface area contributed by atoms with Gasteiger partial charge in [-0.25, -0.2) is 9.82 Å². The van der Waals surface area contributed by atoms with Crippen LogP contribution in [0.2, 0.25) is 0 Å². The van der Waals surface area contributed by atoms with Crippen molar-refractivity contribution in [1.82, 2.24) is 5.43 Å². The van der Waals surface area contributed by atoms with Gasteiger partial charge in [0.15, 0.2) is 0 Å². The first-order valence-electron chi connectivity index (χ1n) is 7.49. The lowest BCUT2D eigenvalue weighted by atomic mass is 10.2. The van der Waals surface area contributed by atoms with E-state index < -0.39 is 30.1 Å². The molecule has 11 heteroatoms. The van der Waals surface area contributed by atoms with E-state index in [1.807, 2.05) is 0 Å². The standard InChI is InChI=1S/C17H12F6N2O3/c18-15(16(19,20)21)17(22,23)28-13-6-4-10(5-7-13)9-24-25-14(27)11-2-1-3-12(26)8-11/h1-9,15,26H,(H,25,27)/b24-9-/t15-/m1/s1. The largest absolute Gasteiger partial charge is 0.508 e. The van der Waals surface area contributed by atoms with E-state index >= 15 is 0 Å². The van der Waals surface area contributed by atoms with Crippen molar-refractivity contribution in [3.63, 3.8) is 0 Å². The van der Waals surface area contributed by atoms with Gasteiger partial charge in [-0.3, -0.25) is 4.79 Å². The molecule has 1 amide bonds. The van der Waals surface area contributed by atoms with Crippen LogP contribution in [0.25, 0.3) is 0 Å². The summed E-state index contributed by atoms with van der Waals surface area (Å²) >= 11 is 0. The van der Waals surface area contributed by atoms with Crippen LogP contribution in [-0.2, 0) is 0 Å². The number of aromatic hydroxyl groups is 1. The van der Waals surface area contributed by atoms with E-state index in [0.717, 1.165) is 30.5 Å². The topological polar surface area (TPSA) is 70.9 Å². The second-order valence-corrected chi connectivity index (χ2v) is 5.39. The highest BCUT2D eigenvalue weighted by molar-refractivity contribution is 5.95. The minimum absolute atomic E-state index is 0.120. The minimum atomic E-state index is -5.77. The Bertz CT molecular complexity index is 853. The maximum atomic E-state index is 13.2. The molecular weight excluding hydrogens is 394 g/mol. The quantitative estimate of drug-likeness (QED) is 0.432. The van der Waals surface area contributed by atoms with Crippen molar-refractivity contribution >= 4 is 12.1 Å². The maximum absolute atomic E-state index is 13.2. The van der Waals surface area contributed by atoms with Crippen LogP contribution in [0.15, 0.2) is 53.6 Å². The lowest BCUT2D eigenvalue weighted by molar-refractivity contribution is -0.304. The molecular formula is C17H12F6N2O3. The first kappa shape index (κ1) is 21.1. The van der Waals surface area contributed by atoms with Crippen molar-refractivity contribution in [1.29, 1.82) is 0 Å². The number of ether oxygens (including phenoxy) is 1. The van der Waals surface area contributed by atoms with Gasteiger partial charge in [0.2, 0.25) is 0 Å². The molecule has 2 aromatic carbocycles.